The summed E-state index contributed by atoms with van der Waals surface area (Å²) >= 11 is 0. The molecule has 2 aliphatic heterocycles. The Morgan fingerprint density at radius 2 is 1.89 bits per heavy atom. The minimum absolute atomic E-state index is 0.00583. The number of hydrogen-bond acceptors (Lipinski definition) is 8. The molecule has 0 bridgehead atoms. The number of rotatable bonds is 8. The van der Waals surface area contributed by atoms with Gasteiger partial charge in [-0.1, -0.05) is 6.92 Å². The van der Waals surface area contributed by atoms with Crippen molar-refractivity contribution in [3.05, 3.63) is 77.5 Å². The van der Waals surface area contributed by atoms with Crippen LogP contribution in [-0.4, -0.2) is 81.9 Å². The fourth-order valence-electron chi connectivity index (χ4n) is 6.62. The van der Waals surface area contributed by atoms with Gasteiger partial charge in [-0.15, -0.1) is 0 Å². The van der Waals surface area contributed by atoms with Crippen molar-refractivity contribution < 1.29 is 23.0 Å². The van der Waals surface area contributed by atoms with Crippen LogP contribution in [0.15, 0.2) is 48.9 Å². The van der Waals surface area contributed by atoms with E-state index in [2.05, 4.69) is 26.9 Å². The smallest absolute Gasteiger partial charge is 0.219 e. The Morgan fingerprint density at radius 3 is 2.60 bits per heavy atom. The average Bonchev–Trinajstić information content (AvgIpc) is 3.42. The maximum Gasteiger partial charge on any atom is 0.219 e. The summed E-state index contributed by atoms with van der Waals surface area (Å²) in [5.74, 6) is -0.661. The minimum atomic E-state index is -0.701. The molecule has 2 N–H and O–H groups in total. The van der Waals surface area contributed by atoms with E-state index in [9.17, 15) is 4.79 Å². The van der Waals surface area contributed by atoms with Crippen LogP contribution in [0.3, 0.4) is 0 Å². The molecule has 3 aromatic heterocycles. The van der Waals surface area contributed by atoms with Gasteiger partial charge in [-0.25, -0.2) is 18.3 Å². The van der Waals surface area contributed by atoms with E-state index < -0.39 is 11.6 Å². The monoisotopic (exact) mass is 619 g/mol. The maximum absolute atomic E-state index is 15.4. The number of piperidine rings is 1. The lowest BCUT2D eigenvalue weighted by atomic mass is 9.88. The molecule has 45 heavy (non-hydrogen) atoms. The van der Waals surface area contributed by atoms with Gasteiger partial charge in [-0.05, 0) is 54.7 Å². The summed E-state index contributed by atoms with van der Waals surface area (Å²) in [6, 6.07) is 7.63. The lowest BCUT2D eigenvalue weighted by molar-refractivity contribution is -0.131. The van der Waals surface area contributed by atoms with Crippen LogP contribution in [0.4, 0.5) is 14.5 Å². The molecular formula is C33H39F2N7O3. The van der Waals surface area contributed by atoms with Crippen molar-refractivity contribution in [3.63, 3.8) is 0 Å². The number of anilines is 1. The van der Waals surface area contributed by atoms with Gasteiger partial charge in [0, 0.05) is 76.4 Å². The Labute approximate surface area is 261 Å². The normalized spacial score (nSPS) is 20.9. The zero-order valence-electron chi connectivity index (χ0n) is 25.8. The molecule has 0 spiro atoms. The van der Waals surface area contributed by atoms with Gasteiger partial charge < -0.3 is 25.0 Å². The maximum atomic E-state index is 15.4. The van der Waals surface area contributed by atoms with Crippen molar-refractivity contribution in [1.29, 1.82) is 0 Å². The van der Waals surface area contributed by atoms with Gasteiger partial charge in [-0.3, -0.25) is 9.78 Å². The van der Waals surface area contributed by atoms with E-state index in [0.29, 0.717) is 49.6 Å². The van der Waals surface area contributed by atoms with Crippen molar-refractivity contribution in [1.82, 2.24) is 24.5 Å². The highest BCUT2D eigenvalue weighted by Gasteiger charge is 2.36. The van der Waals surface area contributed by atoms with E-state index in [1.807, 2.05) is 6.07 Å². The molecule has 0 saturated carbocycles. The number of hydrogen-bond donors (Lipinski definition) is 1. The zero-order chi connectivity index (χ0) is 31.7. The highest BCUT2D eigenvalue weighted by Crippen LogP contribution is 2.30. The number of halogens is 2. The van der Waals surface area contributed by atoms with Crippen LogP contribution < -0.4 is 10.6 Å². The fourth-order valence-corrected chi connectivity index (χ4v) is 6.62. The van der Waals surface area contributed by atoms with Crippen LogP contribution in [0.2, 0.25) is 0 Å². The lowest BCUT2D eigenvalue weighted by Crippen LogP contribution is -2.62. The van der Waals surface area contributed by atoms with Crippen molar-refractivity contribution in [2.75, 3.05) is 38.3 Å². The van der Waals surface area contributed by atoms with Gasteiger partial charge in [-0.2, -0.15) is 5.10 Å². The summed E-state index contributed by atoms with van der Waals surface area (Å²) in [4.78, 5) is 25.0. The number of benzene rings is 1. The molecule has 3 atom stereocenters. The SMILES string of the molecule is CC(=O)N(C)[C@@H]1[C@H](N)CN(c2ccncc2Cc2ncc3ccc(-c4c(F)cc(COC5CCOCC5)cc4F)nn23)C[C@@H]1C. The number of carbonyl (C=O) groups excluding carboxylic acids is 1. The summed E-state index contributed by atoms with van der Waals surface area (Å²) < 4.78 is 43.5. The molecule has 10 nitrogen and oxygen atoms in total. The van der Waals surface area contributed by atoms with E-state index >= 15 is 8.78 Å². The van der Waals surface area contributed by atoms with Crippen LogP contribution in [0, 0.1) is 17.6 Å². The van der Waals surface area contributed by atoms with E-state index in [-0.39, 0.29) is 47.9 Å². The lowest BCUT2D eigenvalue weighted by Gasteiger charge is -2.46. The molecule has 1 aromatic carbocycles. The predicted octanol–water partition coefficient (Wildman–Crippen LogP) is 3.99. The number of imidazole rings is 1. The summed E-state index contributed by atoms with van der Waals surface area (Å²) in [6.07, 6.45) is 7.17. The molecule has 2 fully saturated rings. The molecule has 0 aliphatic carbocycles. The van der Waals surface area contributed by atoms with Crippen molar-refractivity contribution in [3.8, 4) is 11.3 Å². The Kier molecular flexibility index (Phi) is 9.06. The summed E-state index contributed by atoms with van der Waals surface area (Å²) in [5.41, 5.74) is 9.59. The molecule has 5 heterocycles. The number of nitrogens with two attached hydrogens (primary N) is 1. The van der Waals surface area contributed by atoms with Crippen LogP contribution in [-0.2, 0) is 27.3 Å². The predicted molar refractivity (Wildman–Crippen MR) is 166 cm³/mol. The molecule has 0 unspecified atom stereocenters. The zero-order valence-corrected chi connectivity index (χ0v) is 25.8. The standard InChI is InChI=1S/C33H39F2N7O3/c1-20-17-41(18-28(36)33(20)40(3)21(2)43)30-6-9-37-15-23(30)14-31-38-16-24-4-5-29(39-42(24)31)32-26(34)12-22(13-27(32)35)19-45-25-7-10-44-11-8-25/h4-6,9,12-13,15-16,20,25,28,33H,7-8,10-11,14,17-19,36H2,1-3H3/t20-,28+,33-/m0/s1. The number of nitrogens with zero attached hydrogens (tertiary/aromatic N) is 6. The first-order chi connectivity index (χ1) is 21.7. The summed E-state index contributed by atoms with van der Waals surface area (Å²) in [6.45, 7) is 6.34. The number of carbonyl (C=O) groups is 1. The Balaban J connectivity index is 1.23. The first kappa shape index (κ1) is 31.0. The third-order valence-electron chi connectivity index (χ3n) is 8.94. The van der Waals surface area contributed by atoms with Crippen LogP contribution in [0.25, 0.3) is 16.8 Å². The number of likely N-dealkylation sites (N-methyl/N-ethyl adjacent to an activating group) is 1. The topological polar surface area (TPSA) is 111 Å². The Morgan fingerprint density at radius 1 is 1.13 bits per heavy atom. The second kappa shape index (κ2) is 13.2. The van der Waals surface area contributed by atoms with Crippen LogP contribution in [0.1, 0.15) is 43.6 Å². The van der Waals surface area contributed by atoms with Gasteiger partial charge in [0.1, 0.15) is 17.5 Å². The average molecular weight is 620 g/mol. The molecule has 0 radical (unpaired) electrons. The summed E-state index contributed by atoms with van der Waals surface area (Å²) in [7, 11) is 1.80. The Hall–Kier alpha value is -4.00. The third kappa shape index (κ3) is 6.54. The third-order valence-corrected chi connectivity index (χ3v) is 8.94. The number of fused-ring (bicyclic) bond motifs is 1. The number of amides is 1. The second-order valence-corrected chi connectivity index (χ2v) is 12.1. The molecule has 12 heteroatoms. The van der Waals surface area contributed by atoms with Crippen LogP contribution in [0.5, 0.6) is 0 Å². The molecule has 1 amide bonds. The largest absolute Gasteiger partial charge is 0.381 e. The highest BCUT2D eigenvalue weighted by atomic mass is 19.1. The fraction of sp³-hybridized carbons (Fsp3) is 0.455. The number of aromatic nitrogens is 4. The van der Waals surface area contributed by atoms with Crippen molar-refractivity contribution in [2.24, 2.45) is 11.7 Å². The van der Waals surface area contributed by atoms with Gasteiger partial charge in [0.25, 0.3) is 0 Å². The molecule has 2 aliphatic rings. The number of ether oxygens (including phenoxy) is 2. The van der Waals surface area contributed by atoms with E-state index in [0.717, 1.165) is 24.1 Å². The van der Waals surface area contributed by atoms with E-state index in [1.165, 1.54) is 12.1 Å². The Bertz CT molecular complexity index is 1640. The molecule has 4 aromatic rings. The van der Waals surface area contributed by atoms with Crippen molar-refractivity contribution >= 4 is 17.1 Å². The van der Waals surface area contributed by atoms with E-state index in [1.54, 1.807) is 54.1 Å². The highest BCUT2D eigenvalue weighted by molar-refractivity contribution is 5.73. The summed E-state index contributed by atoms with van der Waals surface area (Å²) in [5, 5.41) is 4.62. The van der Waals surface area contributed by atoms with E-state index in [4.69, 9.17) is 15.2 Å². The molecular weight excluding hydrogens is 580 g/mol. The van der Waals surface area contributed by atoms with Gasteiger partial charge in [0.15, 0.2) is 0 Å². The van der Waals surface area contributed by atoms with Crippen LogP contribution >= 0.6 is 0 Å². The quantitative estimate of drug-likeness (QED) is 0.315. The van der Waals surface area contributed by atoms with Gasteiger partial charge >= 0.3 is 0 Å². The second-order valence-electron chi connectivity index (χ2n) is 12.1. The first-order valence-corrected chi connectivity index (χ1v) is 15.4. The first-order valence-electron chi connectivity index (χ1n) is 15.4. The number of pyridine rings is 1. The molecule has 238 valence electrons. The van der Waals surface area contributed by atoms with Crippen molar-refractivity contribution in [2.45, 2.75) is 57.9 Å². The molecule has 2 saturated heterocycles. The molecule has 6 rings (SSSR count). The minimum Gasteiger partial charge on any atom is -0.381 e. The van der Waals surface area contributed by atoms with Gasteiger partial charge in [0.2, 0.25) is 5.91 Å². The van der Waals surface area contributed by atoms with Gasteiger partial charge in [0.05, 0.1) is 41.7 Å².